The topological polar surface area (TPSA) is 210 Å². The summed E-state index contributed by atoms with van der Waals surface area (Å²) in [7, 11) is 1.47. The molecule has 0 bridgehead atoms. The van der Waals surface area contributed by atoms with Gasteiger partial charge in [0.25, 0.3) is 5.91 Å². The maximum absolute atomic E-state index is 14.4. The Morgan fingerprint density at radius 3 is 2.12 bits per heavy atom. The fourth-order valence-electron chi connectivity index (χ4n) is 9.00. The van der Waals surface area contributed by atoms with Gasteiger partial charge in [-0.1, -0.05) is 34.1 Å². The normalized spacial score (nSPS) is 28.7. The molecular weight excluding hydrogens is 544 g/mol. The molecule has 42 heavy (non-hydrogen) atoms. The Balaban J connectivity index is 1.79. The Kier molecular flexibility index (Phi) is 5.44. The smallest absolute Gasteiger partial charge is 0.255 e. The van der Waals surface area contributed by atoms with Crippen molar-refractivity contribution in [3.63, 3.8) is 0 Å². The third-order valence-corrected chi connectivity index (χ3v) is 10.9. The van der Waals surface area contributed by atoms with Gasteiger partial charge in [0, 0.05) is 28.0 Å². The van der Waals surface area contributed by atoms with Crippen molar-refractivity contribution < 1.29 is 44.3 Å². The molecule has 11 heteroatoms. The highest BCUT2D eigenvalue weighted by atomic mass is 16.5. The molecule has 0 saturated heterocycles. The largest absolute Gasteiger partial charge is 0.508 e. The number of methoxy groups -OCH3 is 1. The number of phenolic OH excluding ortho intramolecular Hbond substituents is 2. The molecule has 1 fully saturated rings. The van der Waals surface area contributed by atoms with E-state index in [0.717, 1.165) is 19.3 Å². The Bertz CT molecular complexity index is 1720. The number of primary amides is 1. The number of fused-ring (bicyclic) bond motifs is 4. The van der Waals surface area contributed by atoms with Crippen LogP contribution in [0.1, 0.15) is 78.8 Å². The SMILES string of the molecule is COc1cc(O)c2c(O)c3c(c4c2c1C1(C4)C(C)(C)CCCC1(C)C)C(=O)[C@H]1[C@H](N)C(=O)C(C(N)=O)=C(O)[C@@]1(O)C3=O. The molecule has 222 valence electrons. The van der Waals surface area contributed by atoms with Gasteiger partial charge < -0.3 is 36.6 Å². The van der Waals surface area contributed by atoms with Gasteiger partial charge >= 0.3 is 0 Å². The van der Waals surface area contributed by atoms with Gasteiger partial charge in [0.1, 0.15) is 28.6 Å². The fraction of sp³-hybridized carbons (Fsp3) is 0.484. The first-order chi connectivity index (χ1) is 19.4. The van der Waals surface area contributed by atoms with Crippen LogP contribution in [0.5, 0.6) is 17.2 Å². The number of Topliss-reactive ketones (excluding diaryl/α,β-unsaturated/α-hetero) is 3. The number of rotatable bonds is 2. The summed E-state index contributed by atoms with van der Waals surface area (Å²) in [6, 6.07) is -0.523. The lowest BCUT2D eigenvalue weighted by molar-refractivity contribution is -0.126. The minimum Gasteiger partial charge on any atom is -0.508 e. The molecular formula is C31H34N2O9. The second-order valence-corrected chi connectivity index (χ2v) is 13.4. The first kappa shape index (κ1) is 28.2. The van der Waals surface area contributed by atoms with Gasteiger partial charge in [-0.15, -0.1) is 0 Å². The maximum Gasteiger partial charge on any atom is 0.255 e. The Hall–Kier alpha value is -3.96. The quantitative estimate of drug-likeness (QED) is 0.286. The van der Waals surface area contributed by atoms with Gasteiger partial charge in [-0.05, 0) is 35.7 Å². The van der Waals surface area contributed by atoms with Crippen LogP contribution in [-0.4, -0.2) is 62.4 Å². The highest BCUT2D eigenvalue weighted by Gasteiger charge is 2.67. The second-order valence-electron chi connectivity index (χ2n) is 13.4. The minimum atomic E-state index is -3.15. The van der Waals surface area contributed by atoms with Crippen molar-refractivity contribution in [3.05, 3.63) is 39.7 Å². The van der Waals surface area contributed by atoms with E-state index in [1.54, 1.807) is 0 Å². The number of ketones is 3. The van der Waals surface area contributed by atoms with E-state index in [1.165, 1.54) is 13.2 Å². The van der Waals surface area contributed by atoms with Gasteiger partial charge in [-0.2, -0.15) is 0 Å². The van der Waals surface area contributed by atoms with E-state index in [4.69, 9.17) is 16.2 Å². The van der Waals surface area contributed by atoms with E-state index in [0.29, 0.717) is 22.3 Å². The average molecular weight is 579 g/mol. The van der Waals surface area contributed by atoms with E-state index in [2.05, 4.69) is 27.7 Å². The lowest BCUT2D eigenvalue weighted by Crippen LogP contribution is -2.66. The van der Waals surface area contributed by atoms with Gasteiger partial charge in [0.2, 0.25) is 5.78 Å². The van der Waals surface area contributed by atoms with Crippen molar-refractivity contribution in [3.8, 4) is 17.2 Å². The van der Waals surface area contributed by atoms with E-state index < -0.39 is 74.6 Å². The molecule has 2 aromatic carbocycles. The summed E-state index contributed by atoms with van der Waals surface area (Å²) in [4.78, 5) is 53.6. The average Bonchev–Trinajstić information content (AvgIpc) is 3.26. The van der Waals surface area contributed by atoms with Crippen molar-refractivity contribution >= 4 is 34.0 Å². The molecule has 0 aliphatic heterocycles. The maximum atomic E-state index is 14.4. The Morgan fingerprint density at radius 1 is 0.976 bits per heavy atom. The predicted molar refractivity (Wildman–Crippen MR) is 150 cm³/mol. The third-order valence-electron chi connectivity index (χ3n) is 10.9. The van der Waals surface area contributed by atoms with Crippen LogP contribution in [0.2, 0.25) is 0 Å². The standard InChI is InChI=1S/C31H34N2O9/c1-28(2)7-6-8-29(3,4)30(28)10-11-14-16(12(34)9-13(42-5)19(14)30)22(35)17-15(11)23(36)20-21(32)24(37)18(27(33)40)26(39)31(20,41)25(17)38/h9,20-21,34-35,39,41H,6-8,10,32H2,1-5H3,(H2,33,40)/t20-,21+,31+/m1/s1. The molecule has 1 saturated carbocycles. The first-order valence-electron chi connectivity index (χ1n) is 13.9. The molecule has 6 rings (SSSR count). The fourth-order valence-corrected chi connectivity index (χ4v) is 9.00. The van der Waals surface area contributed by atoms with Crippen LogP contribution >= 0.6 is 0 Å². The second kappa shape index (κ2) is 8.11. The molecule has 1 spiro atoms. The summed E-state index contributed by atoms with van der Waals surface area (Å²) >= 11 is 0. The lowest BCUT2D eigenvalue weighted by Gasteiger charge is -2.59. The Morgan fingerprint density at radius 2 is 1.57 bits per heavy atom. The van der Waals surface area contributed by atoms with Crippen LogP contribution in [0.3, 0.4) is 0 Å². The van der Waals surface area contributed by atoms with Crippen LogP contribution in [0.4, 0.5) is 0 Å². The lowest BCUT2D eigenvalue weighted by atomic mass is 9.44. The summed E-state index contributed by atoms with van der Waals surface area (Å²) in [6.45, 7) is 8.50. The van der Waals surface area contributed by atoms with E-state index in [-0.39, 0.29) is 28.2 Å². The number of phenols is 2. The van der Waals surface area contributed by atoms with Crippen LogP contribution < -0.4 is 16.2 Å². The molecule has 0 unspecified atom stereocenters. The molecule has 4 aliphatic carbocycles. The molecule has 0 radical (unpaired) electrons. The highest BCUT2D eigenvalue weighted by molar-refractivity contribution is 6.31. The zero-order valence-electron chi connectivity index (χ0n) is 24.0. The zero-order chi connectivity index (χ0) is 31.1. The number of amides is 1. The summed E-state index contributed by atoms with van der Waals surface area (Å²) < 4.78 is 5.80. The molecule has 0 aromatic heterocycles. The number of benzene rings is 2. The molecule has 11 nitrogen and oxygen atoms in total. The summed E-state index contributed by atoms with van der Waals surface area (Å²) in [5, 5.41) is 45.7. The zero-order valence-corrected chi connectivity index (χ0v) is 24.0. The molecule has 2 aromatic rings. The van der Waals surface area contributed by atoms with Crippen LogP contribution in [0, 0.1) is 16.7 Å². The van der Waals surface area contributed by atoms with Crippen LogP contribution in [0.15, 0.2) is 17.4 Å². The monoisotopic (exact) mass is 578 g/mol. The van der Waals surface area contributed by atoms with Gasteiger partial charge in [0.15, 0.2) is 17.2 Å². The van der Waals surface area contributed by atoms with Crippen molar-refractivity contribution in [1.29, 1.82) is 0 Å². The highest BCUT2D eigenvalue weighted by Crippen LogP contribution is 2.69. The number of aliphatic hydroxyl groups is 2. The molecule has 3 atom stereocenters. The summed E-state index contributed by atoms with van der Waals surface area (Å²) in [6.07, 6.45) is 2.83. The number of hydrogen-bond donors (Lipinski definition) is 6. The molecule has 8 N–H and O–H groups in total. The van der Waals surface area contributed by atoms with Gasteiger partial charge in [0.05, 0.1) is 30.0 Å². The summed E-state index contributed by atoms with van der Waals surface area (Å²) in [5.74, 6) is -9.13. The number of ether oxygens (including phenoxy) is 1. The van der Waals surface area contributed by atoms with Gasteiger partial charge in [-0.25, -0.2) is 0 Å². The van der Waals surface area contributed by atoms with Crippen molar-refractivity contribution in [1.82, 2.24) is 0 Å². The number of aromatic hydroxyl groups is 2. The number of carbonyl (C=O) groups is 4. The predicted octanol–water partition coefficient (Wildman–Crippen LogP) is 2.22. The number of aliphatic hydroxyl groups excluding tert-OH is 1. The molecule has 0 heterocycles. The summed E-state index contributed by atoms with van der Waals surface area (Å²) in [5.41, 5.74) is 5.86. The van der Waals surface area contributed by atoms with E-state index in [1.807, 2.05) is 0 Å². The van der Waals surface area contributed by atoms with E-state index in [9.17, 15) is 39.6 Å². The van der Waals surface area contributed by atoms with Crippen LogP contribution in [-0.2, 0) is 21.4 Å². The van der Waals surface area contributed by atoms with Gasteiger partial charge in [-0.3, -0.25) is 19.2 Å². The van der Waals surface area contributed by atoms with E-state index >= 15 is 0 Å². The van der Waals surface area contributed by atoms with Crippen molar-refractivity contribution in [2.24, 2.45) is 28.2 Å². The number of hydrogen-bond acceptors (Lipinski definition) is 10. The first-order valence-corrected chi connectivity index (χ1v) is 13.9. The van der Waals surface area contributed by atoms with Crippen molar-refractivity contribution in [2.75, 3.05) is 7.11 Å². The molecule has 1 amide bonds. The molecule has 4 aliphatic rings. The minimum absolute atomic E-state index is 0.105. The number of carbonyl (C=O) groups excluding carboxylic acids is 4. The third kappa shape index (κ3) is 2.83. The van der Waals surface area contributed by atoms with Crippen molar-refractivity contribution in [2.45, 2.75) is 70.4 Å². The number of nitrogens with two attached hydrogens (primary N) is 2. The van der Waals surface area contributed by atoms with Crippen LogP contribution in [0.25, 0.3) is 10.8 Å². The Labute approximate surface area is 241 Å².